The van der Waals surface area contributed by atoms with Crippen LogP contribution in [0, 0.1) is 0 Å². The number of hydrogen-bond donors (Lipinski definition) is 0. The lowest BCUT2D eigenvalue weighted by Gasteiger charge is -2.21. The van der Waals surface area contributed by atoms with E-state index >= 15 is 0 Å². The average Bonchev–Trinajstić information content (AvgIpc) is 3.37. The summed E-state index contributed by atoms with van der Waals surface area (Å²) in [7, 11) is -1.87. The SMILES string of the molecule is COCCn1c(C2CCN(S(=O)(=O)c3ccc(C(C)(C)C)cc3)C2)nc2ccncc21. The monoisotopic (exact) mass is 442 g/mol. The molecule has 166 valence electrons. The Bertz CT molecular complexity index is 1160. The minimum Gasteiger partial charge on any atom is -0.383 e. The molecule has 3 heterocycles. The molecule has 0 N–H and O–H groups in total. The summed E-state index contributed by atoms with van der Waals surface area (Å²) < 4.78 is 35.5. The first-order chi connectivity index (χ1) is 14.7. The minimum absolute atomic E-state index is 0.0167. The van der Waals surface area contributed by atoms with Gasteiger partial charge < -0.3 is 9.30 Å². The van der Waals surface area contributed by atoms with Gasteiger partial charge in [0.2, 0.25) is 10.0 Å². The quantitative estimate of drug-likeness (QED) is 0.583. The number of sulfonamides is 1. The first kappa shape index (κ1) is 21.9. The summed E-state index contributed by atoms with van der Waals surface area (Å²) in [6, 6.07) is 9.17. The number of benzene rings is 1. The van der Waals surface area contributed by atoms with E-state index in [9.17, 15) is 8.42 Å². The van der Waals surface area contributed by atoms with Crippen molar-refractivity contribution < 1.29 is 13.2 Å². The van der Waals surface area contributed by atoms with Gasteiger partial charge in [0, 0.05) is 38.9 Å². The first-order valence-corrected chi connectivity index (χ1v) is 12.1. The summed E-state index contributed by atoms with van der Waals surface area (Å²) >= 11 is 0. The Kier molecular flexibility index (Phi) is 5.89. The Morgan fingerprint density at radius 1 is 1.16 bits per heavy atom. The lowest BCUT2D eigenvalue weighted by Crippen LogP contribution is -2.29. The standard InChI is InChI=1S/C23H30N4O3S/c1-23(2,3)18-5-7-19(8-6-18)31(28,29)26-12-10-17(16-26)22-25-20-9-11-24-15-21(20)27(22)13-14-30-4/h5-9,11,15,17H,10,12-14,16H2,1-4H3. The molecule has 1 aliphatic rings. The van der Waals surface area contributed by atoms with E-state index < -0.39 is 10.0 Å². The highest BCUT2D eigenvalue weighted by Crippen LogP contribution is 2.33. The Hall–Kier alpha value is -2.29. The number of aromatic nitrogens is 3. The summed E-state index contributed by atoms with van der Waals surface area (Å²) in [5.41, 5.74) is 2.93. The van der Waals surface area contributed by atoms with Gasteiger partial charge in [-0.3, -0.25) is 4.98 Å². The fraction of sp³-hybridized carbons (Fsp3) is 0.478. The summed E-state index contributed by atoms with van der Waals surface area (Å²) in [4.78, 5) is 9.40. The molecule has 2 aromatic heterocycles. The molecule has 0 bridgehead atoms. The van der Waals surface area contributed by atoms with E-state index in [0.29, 0.717) is 31.1 Å². The van der Waals surface area contributed by atoms with Crippen molar-refractivity contribution in [3.05, 3.63) is 54.1 Å². The number of rotatable bonds is 6. The van der Waals surface area contributed by atoms with Crippen molar-refractivity contribution >= 4 is 21.1 Å². The van der Waals surface area contributed by atoms with Crippen molar-refractivity contribution in [2.24, 2.45) is 0 Å². The number of hydrogen-bond acceptors (Lipinski definition) is 5. The highest BCUT2D eigenvalue weighted by atomic mass is 32.2. The maximum Gasteiger partial charge on any atom is 0.243 e. The van der Waals surface area contributed by atoms with Crippen LogP contribution in [0.5, 0.6) is 0 Å². The van der Waals surface area contributed by atoms with Crippen LogP contribution in [0.15, 0.2) is 47.6 Å². The van der Waals surface area contributed by atoms with Crippen molar-refractivity contribution in [1.82, 2.24) is 18.8 Å². The molecular formula is C23H30N4O3S. The van der Waals surface area contributed by atoms with Crippen LogP contribution < -0.4 is 0 Å². The minimum atomic E-state index is -3.54. The molecule has 7 nitrogen and oxygen atoms in total. The van der Waals surface area contributed by atoms with Crippen LogP contribution >= 0.6 is 0 Å². The largest absolute Gasteiger partial charge is 0.383 e. The van der Waals surface area contributed by atoms with Gasteiger partial charge in [-0.05, 0) is 35.6 Å². The van der Waals surface area contributed by atoms with Gasteiger partial charge in [0.05, 0.1) is 28.7 Å². The summed E-state index contributed by atoms with van der Waals surface area (Å²) in [6.45, 7) is 8.48. The molecule has 8 heteroatoms. The van der Waals surface area contributed by atoms with E-state index in [4.69, 9.17) is 9.72 Å². The van der Waals surface area contributed by atoms with Gasteiger partial charge in [0.15, 0.2) is 0 Å². The molecule has 0 saturated carbocycles. The van der Waals surface area contributed by atoms with E-state index in [0.717, 1.165) is 28.8 Å². The zero-order chi connectivity index (χ0) is 22.2. The molecule has 4 rings (SSSR count). The lowest BCUT2D eigenvalue weighted by molar-refractivity contribution is 0.187. The van der Waals surface area contributed by atoms with Crippen LogP contribution in [-0.4, -0.2) is 54.1 Å². The van der Waals surface area contributed by atoms with Crippen molar-refractivity contribution in [3.8, 4) is 0 Å². The first-order valence-electron chi connectivity index (χ1n) is 10.6. The van der Waals surface area contributed by atoms with Crippen molar-refractivity contribution in [1.29, 1.82) is 0 Å². The van der Waals surface area contributed by atoms with E-state index in [1.807, 2.05) is 24.4 Å². The summed E-state index contributed by atoms with van der Waals surface area (Å²) in [6.07, 6.45) is 4.28. The second kappa shape index (κ2) is 8.33. The Balaban J connectivity index is 1.59. The van der Waals surface area contributed by atoms with Crippen LogP contribution in [0.1, 0.15) is 44.5 Å². The van der Waals surface area contributed by atoms with Crippen LogP contribution in [0.4, 0.5) is 0 Å². The van der Waals surface area contributed by atoms with Gasteiger partial charge in [0.25, 0.3) is 0 Å². The molecule has 0 radical (unpaired) electrons. The number of nitrogens with zero attached hydrogens (tertiary/aromatic N) is 4. The van der Waals surface area contributed by atoms with Crippen LogP contribution in [0.3, 0.4) is 0 Å². The molecule has 1 saturated heterocycles. The zero-order valence-electron chi connectivity index (χ0n) is 18.6. The predicted octanol–water partition coefficient (Wildman–Crippen LogP) is 3.55. The molecule has 1 fully saturated rings. The highest BCUT2D eigenvalue weighted by molar-refractivity contribution is 7.89. The van der Waals surface area contributed by atoms with Gasteiger partial charge in [-0.25, -0.2) is 13.4 Å². The number of fused-ring (bicyclic) bond motifs is 1. The average molecular weight is 443 g/mol. The van der Waals surface area contributed by atoms with Gasteiger partial charge >= 0.3 is 0 Å². The number of pyridine rings is 1. The lowest BCUT2D eigenvalue weighted by atomic mass is 9.87. The van der Waals surface area contributed by atoms with E-state index in [1.165, 1.54) is 0 Å². The van der Waals surface area contributed by atoms with Gasteiger partial charge in [-0.2, -0.15) is 4.31 Å². The third kappa shape index (κ3) is 4.24. The van der Waals surface area contributed by atoms with Crippen molar-refractivity contribution in [2.45, 2.75) is 50.0 Å². The molecular weight excluding hydrogens is 412 g/mol. The molecule has 1 aliphatic heterocycles. The molecule has 0 amide bonds. The number of imidazole rings is 1. The maximum absolute atomic E-state index is 13.3. The van der Waals surface area contributed by atoms with E-state index in [1.54, 1.807) is 29.7 Å². The smallest absolute Gasteiger partial charge is 0.243 e. The topological polar surface area (TPSA) is 77.3 Å². The third-order valence-electron chi connectivity index (χ3n) is 5.97. The summed E-state index contributed by atoms with van der Waals surface area (Å²) in [5.74, 6) is 0.939. The number of ether oxygens (including phenoxy) is 1. The van der Waals surface area contributed by atoms with Gasteiger partial charge in [-0.15, -0.1) is 0 Å². The third-order valence-corrected chi connectivity index (χ3v) is 7.85. The zero-order valence-corrected chi connectivity index (χ0v) is 19.4. The Labute approximate surface area is 184 Å². The second-order valence-electron chi connectivity index (χ2n) is 9.10. The molecule has 1 aromatic carbocycles. The van der Waals surface area contributed by atoms with E-state index in [2.05, 4.69) is 30.3 Å². The van der Waals surface area contributed by atoms with Crippen molar-refractivity contribution in [3.63, 3.8) is 0 Å². The molecule has 1 atom stereocenters. The highest BCUT2D eigenvalue weighted by Gasteiger charge is 2.35. The molecule has 1 unspecified atom stereocenters. The van der Waals surface area contributed by atoms with Crippen LogP contribution in [-0.2, 0) is 26.7 Å². The molecule has 0 spiro atoms. The molecule has 31 heavy (non-hydrogen) atoms. The fourth-order valence-corrected chi connectivity index (χ4v) is 5.65. The second-order valence-corrected chi connectivity index (χ2v) is 11.0. The maximum atomic E-state index is 13.3. The normalized spacial score (nSPS) is 18.1. The van der Waals surface area contributed by atoms with Gasteiger partial charge in [-0.1, -0.05) is 32.9 Å². The molecule has 0 aliphatic carbocycles. The van der Waals surface area contributed by atoms with E-state index in [-0.39, 0.29) is 11.3 Å². The van der Waals surface area contributed by atoms with Crippen LogP contribution in [0.2, 0.25) is 0 Å². The Morgan fingerprint density at radius 3 is 2.58 bits per heavy atom. The summed E-state index contributed by atoms with van der Waals surface area (Å²) in [5, 5.41) is 0. The number of methoxy groups -OCH3 is 1. The predicted molar refractivity (Wildman–Crippen MR) is 121 cm³/mol. The fourth-order valence-electron chi connectivity index (χ4n) is 4.15. The van der Waals surface area contributed by atoms with Crippen LogP contribution in [0.25, 0.3) is 11.0 Å². The molecule has 3 aromatic rings. The van der Waals surface area contributed by atoms with Gasteiger partial charge in [0.1, 0.15) is 5.82 Å². The Morgan fingerprint density at radius 2 is 1.90 bits per heavy atom. The van der Waals surface area contributed by atoms with Crippen molar-refractivity contribution in [2.75, 3.05) is 26.8 Å².